The number of benzene rings is 6. The molecule has 45 heavy (non-hydrogen) atoms. The summed E-state index contributed by atoms with van der Waals surface area (Å²) in [4.78, 5) is 0. The summed E-state index contributed by atoms with van der Waals surface area (Å²) in [5.41, 5.74) is 16.2. The Morgan fingerprint density at radius 2 is 1.18 bits per heavy atom. The van der Waals surface area contributed by atoms with E-state index in [9.17, 15) is 0 Å². The molecular weight excluding hydrogens is 544 g/mol. The van der Waals surface area contributed by atoms with E-state index in [1.165, 1.54) is 72.0 Å². The number of hydrogen-bond donors (Lipinski definition) is 1. The van der Waals surface area contributed by atoms with Crippen LogP contribution in [0.4, 0.5) is 11.4 Å². The van der Waals surface area contributed by atoms with Gasteiger partial charge in [-0.1, -0.05) is 119 Å². The van der Waals surface area contributed by atoms with Crippen LogP contribution in [0.5, 0.6) is 0 Å². The first-order chi connectivity index (χ1) is 22.1. The summed E-state index contributed by atoms with van der Waals surface area (Å²) < 4.78 is 2.38. The number of anilines is 2. The average Bonchev–Trinajstić information content (AvgIpc) is 3.44. The van der Waals surface area contributed by atoms with Crippen molar-refractivity contribution in [3.05, 3.63) is 150 Å². The van der Waals surface area contributed by atoms with Gasteiger partial charge >= 0.3 is 0 Å². The van der Waals surface area contributed by atoms with Gasteiger partial charge in [-0.25, -0.2) is 0 Å². The van der Waals surface area contributed by atoms with E-state index in [0.29, 0.717) is 0 Å². The Bertz CT molecular complexity index is 2280. The second-order valence-corrected chi connectivity index (χ2v) is 12.3. The maximum absolute atomic E-state index is 3.78. The van der Waals surface area contributed by atoms with Crippen LogP contribution in [0.25, 0.3) is 61.9 Å². The summed E-state index contributed by atoms with van der Waals surface area (Å²) >= 11 is 0. The van der Waals surface area contributed by atoms with Crippen LogP contribution in [-0.2, 0) is 5.41 Å². The number of rotatable bonds is 2. The van der Waals surface area contributed by atoms with Crippen molar-refractivity contribution < 1.29 is 0 Å². The molecule has 0 saturated carbocycles. The van der Waals surface area contributed by atoms with Gasteiger partial charge in [-0.05, 0) is 93.0 Å². The second-order valence-electron chi connectivity index (χ2n) is 12.3. The number of nitrogens with zero attached hydrogens (tertiary/aromatic N) is 1. The summed E-state index contributed by atoms with van der Waals surface area (Å²) in [6, 6.07) is 46.6. The van der Waals surface area contributed by atoms with Crippen LogP contribution in [0.15, 0.2) is 127 Å². The van der Waals surface area contributed by atoms with Gasteiger partial charge in [0.25, 0.3) is 0 Å². The van der Waals surface area contributed by atoms with E-state index >= 15 is 0 Å². The molecule has 1 aliphatic heterocycles. The van der Waals surface area contributed by atoms with Crippen LogP contribution < -0.4 is 5.32 Å². The molecule has 0 saturated heterocycles. The van der Waals surface area contributed by atoms with Gasteiger partial charge in [0, 0.05) is 33.2 Å². The molecule has 2 heterocycles. The van der Waals surface area contributed by atoms with Crippen molar-refractivity contribution in [2.24, 2.45) is 0 Å². The van der Waals surface area contributed by atoms with E-state index in [2.05, 4.69) is 163 Å². The molecule has 0 atom stereocenters. The maximum atomic E-state index is 3.78. The number of fused-ring (bicyclic) bond motifs is 8. The highest BCUT2D eigenvalue weighted by Gasteiger charge is 2.36. The Morgan fingerprint density at radius 1 is 0.511 bits per heavy atom. The Balaban J connectivity index is 0.00000147. The SMILES string of the molecule is CC.CC1(C)c2ccccc2-c2cc3c(cc21)C=Cc1cc(-c2ccc4c5ccccc5n(-c5ccccc5)c4c2)ccc1N3. The lowest BCUT2D eigenvalue weighted by Gasteiger charge is -2.22. The Labute approximate surface area is 265 Å². The number of hydrogen-bond acceptors (Lipinski definition) is 1. The smallest absolute Gasteiger partial charge is 0.0547 e. The largest absolute Gasteiger partial charge is 0.355 e. The fourth-order valence-corrected chi connectivity index (χ4v) is 7.33. The van der Waals surface area contributed by atoms with Crippen molar-refractivity contribution in [3.63, 3.8) is 0 Å². The van der Waals surface area contributed by atoms with Crippen molar-refractivity contribution in [2.45, 2.75) is 33.1 Å². The van der Waals surface area contributed by atoms with E-state index in [1.54, 1.807) is 0 Å². The van der Waals surface area contributed by atoms with E-state index < -0.39 is 0 Å². The van der Waals surface area contributed by atoms with E-state index in [1.807, 2.05) is 13.8 Å². The van der Waals surface area contributed by atoms with Crippen LogP contribution in [0.3, 0.4) is 0 Å². The van der Waals surface area contributed by atoms with Crippen molar-refractivity contribution >= 4 is 45.3 Å². The van der Waals surface area contributed by atoms with Gasteiger partial charge in [0.1, 0.15) is 0 Å². The molecule has 0 radical (unpaired) electrons. The number of aromatic nitrogens is 1. The third-order valence-electron chi connectivity index (χ3n) is 9.54. The molecular formula is C43H36N2. The lowest BCUT2D eigenvalue weighted by Crippen LogP contribution is -2.15. The molecule has 0 fully saturated rings. The van der Waals surface area contributed by atoms with E-state index in [4.69, 9.17) is 0 Å². The third kappa shape index (κ3) is 4.17. The molecule has 0 unspecified atom stereocenters. The highest BCUT2D eigenvalue weighted by Crippen LogP contribution is 2.51. The second kappa shape index (κ2) is 10.4. The average molecular weight is 581 g/mol. The molecule has 0 spiro atoms. The van der Waals surface area contributed by atoms with Gasteiger partial charge in [0.15, 0.2) is 0 Å². The molecule has 0 bridgehead atoms. The molecule has 9 rings (SSSR count). The molecule has 1 aromatic heterocycles. The molecule has 7 aromatic rings. The van der Waals surface area contributed by atoms with Gasteiger partial charge in [-0.3, -0.25) is 0 Å². The van der Waals surface area contributed by atoms with Crippen molar-refractivity contribution in [2.75, 3.05) is 5.32 Å². The van der Waals surface area contributed by atoms with Crippen LogP contribution in [-0.4, -0.2) is 4.57 Å². The van der Waals surface area contributed by atoms with Gasteiger partial charge in [-0.15, -0.1) is 0 Å². The van der Waals surface area contributed by atoms with Crippen molar-refractivity contribution in [1.82, 2.24) is 4.57 Å². The molecule has 2 nitrogen and oxygen atoms in total. The first kappa shape index (κ1) is 27.2. The summed E-state index contributed by atoms with van der Waals surface area (Å²) in [5.74, 6) is 0. The lowest BCUT2D eigenvalue weighted by atomic mass is 9.82. The normalized spacial score (nSPS) is 13.6. The zero-order valence-electron chi connectivity index (χ0n) is 26.2. The van der Waals surface area contributed by atoms with Crippen LogP contribution >= 0.6 is 0 Å². The number of para-hydroxylation sites is 2. The number of nitrogens with one attached hydrogen (secondary N) is 1. The quantitative estimate of drug-likeness (QED) is 0.215. The zero-order chi connectivity index (χ0) is 30.7. The fraction of sp³-hybridized carbons (Fsp3) is 0.116. The Morgan fingerprint density at radius 3 is 2.02 bits per heavy atom. The summed E-state index contributed by atoms with van der Waals surface area (Å²) in [7, 11) is 0. The summed E-state index contributed by atoms with van der Waals surface area (Å²) in [6.07, 6.45) is 4.53. The third-order valence-corrected chi connectivity index (χ3v) is 9.54. The maximum Gasteiger partial charge on any atom is 0.0547 e. The van der Waals surface area contributed by atoms with Crippen molar-refractivity contribution in [1.29, 1.82) is 0 Å². The molecule has 1 aliphatic carbocycles. The van der Waals surface area contributed by atoms with E-state index in [0.717, 1.165) is 11.4 Å². The Hall–Kier alpha value is -5.34. The minimum absolute atomic E-state index is 0.0119. The van der Waals surface area contributed by atoms with Crippen LogP contribution in [0, 0.1) is 0 Å². The highest BCUT2D eigenvalue weighted by atomic mass is 15.0. The minimum Gasteiger partial charge on any atom is -0.355 e. The molecule has 2 aliphatic rings. The monoisotopic (exact) mass is 580 g/mol. The van der Waals surface area contributed by atoms with Crippen LogP contribution in [0.1, 0.15) is 49.9 Å². The molecule has 6 aromatic carbocycles. The lowest BCUT2D eigenvalue weighted by molar-refractivity contribution is 0.660. The summed E-state index contributed by atoms with van der Waals surface area (Å²) in [6.45, 7) is 8.68. The first-order valence-electron chi connectivity index (χ1n) is 16.0. The van der Waals surface area contributed by atoms with Gasteiger partial charge in [0.2, 0.25) is 0 Å². The van der Waals surface area contributed by atoms with Gasteiger partial charge in [-0.2, -0.15) is 0 Å². The first-order valence-corrected chi connectivity index (χ1v) is 16.0. The summed E-state index contributed by atoms with van der Waals surface area (Å²) in [5, 5.41) is 6.33. The molecule has 1 N–H and O–H groups in total. The predicted molar refractivity (Wildman–Crippen MR) is 194 cm³/mol. The van der Waals surface area contributed by atoms with Gasteiger partial charge in [0.05, 0.1) is 11.0 Å². The standard InChI is InChI=1S/C41H30N2.C2H6/c1-41(2)35-14-8-6-12-31(35)34-25-38-29(23-36(34)41)17-16-28-22-26(19-21-37(28)42-38)27-18-20-33-32-13-7-9-15-39(32)43(40(33)24-27)30-10-4-3-5-11-30;1-2/h3-25,42H,1-2H3;1-2H3. The Kier molecular flexibility index (Phi) is 6.28. The fourth-order valence-electron chi connectivity index (χ4n) is 7.33. The van der Waals surface area contributed by atoms with E-state index in [-0.39, 0.29) is 5.41 Å². The topological polar surface area (TPSA) is 17.0 Å². The molecule has 2 heteroatoms. The molecule has 0 amide bonds. The van der Waals surface area contributed by atoms with Crippen molar-refractivity contribution in [3.8, 4) is 27.9 Å². The highest BCUT2D eigenvalue weighted by molar-refractivity contribution is 6.10. The van der Waals surface area contributed by atoms with Crippen LogP contribution in [0.2, 0.25) is 0 Å². The predicted octanol–water partition coefficient (Wildman–Crippen LogP) is 12.0. The molecule has 218 valence electrons. The minimum atomic E-state index is -0.0119. The van der Waals surface area contributed by atoms with Gasteiger partial charge < -0.3 is 9.88 Å². The zero-order valence-corrected chi connectivity index (χ0v) is 26.2.